The molecule has 0 spiro atoms. The van der Waals surface area contributed by atoms with Gasteiger partial charge in [0.25, 0.3) is 0 Å². The lowest BCUT2D eigenvalue weighted by Crippen LogP contribution is -2.42. The summed E-state index contributed by atoms with van der Waals surface area (Å²) in [5.74, 6) is 0.721. The van der Waals surface area contributed by atoms with E-state index in [9.17, 15) is 9.59 Å². The third kappa shape index (κ3) is 3.08. The van der Waals surface area contributed by atoms with Crippen LogP contribution in [0.1, 0.15) is 57.8 Å². The largest absolute Gasteiger partial charge is 0.343 e. The molecule has 0 heterocycles. The van der Waals surface area contributed by atoms with Gasteiger partial charge in [-0.1, -0.05) is 19.3 Å². The molecule has 17 heavy (non-hydrogen) atoms. The number of ketones is 1. The molecule has 0 aromatic carbocycles. The lowest BCUT2D eigenvalue weighted by atomic mass is 9.86. The predicted molar refractivity (Wildman–Crippen MR) is 66.6 cm³/mol. The summed E-state index contributed by atoms with van der Waals surface area (Å²) in [4.78, 5) is 25.5. The second kappa shape index (κ2) is 5.65. The van der Waals surface area contributed by atoms with Crippen molar-refractivity contribution in [1.82, 2.24) is 4.90 Å². The van der Waals surface area contributed by atoms with Gasteiger partial charge in [0, 0.05) is 31.8 Å². The molecular formula is C14H23NO2. The topological polar surface area (TPSA) is 37.4 Å². The van der Waals surface area contributed by atoms with Gasteiger partial charge in [-0.3, -0.25) is 9.59 Å². The van der Waals surface area contributed by atoms with Gasteiger partial charge in [-0.15, -0.1) is 0 Å². The summed E-state index contributed by atoms with van der Waals surface area (Å²) in [6, 6.07) is 0.453. The van der Waals surface area contributed by atoms with Gasteiger partial charge in [0.2, 0.25) is 5.91 Å². The minimum absolute atomic E-state index is 0.111. The van der Waals surface area contributed by atoms with Gasteiger partial charge in [0.15, 0.2) is 0 Å². The van der Waals surface area contributed by atoms with Crippen LogP contribution in [0.4, 0.5) is 0 Å². The van der Waals surface area contributed by atoms with Gasteiger partial charge in [0.1, 0.15) is 5.78 Å². The van der Waals surface area contributed by atoms with E-state index < -0.39 is 0 Å². The number of carbonyl (C=O) groups excluding carboxylic acids is 2. The summed E-state index contributed by atoms with van der Waals surface area (Å²) < 4.78 is 0. The number of amides is 1. The molecule has 3 heteroatoms. The van der Waals surface area contributed by atoms with Crippen LogP contribution in [0, 0.1) is 5.92 Å². The van der Waals surface area contributed by atoms with Crippen molar-refractivity contribution < 1.29 is 9.59 Å². The fraction of sp³-hybridized carbons (Fsp3) is 0.857. The van der Waals surface area contributed by atoms with Crippen LogP contribution >= 0.6 is 0 Å². The first kappa shape index (κ1) is 12.6. The van der Waals surface area contributed by atoms with Crippen LogP contribution in [0.15, 0.2) is 0 Å². The van der Waals surface area contributed by atoms with Crippen molar-refractivity contribution in [3.8, 4) is 0 Å². The van der Waals surface area contributed by atoms with Crippen LogP contribution in [0.2, 0.25) is 0 Å². The van der Waals surface area contributed by atoms with Gasteiger partial charge >= 0.3 is 0 Å². The van der Waals surface area contributed by atoms with Crippen molar-refractivity contribution in [1.29, 1.82) is 0 Å². The fourth-order valence-corrected chi connectivity index (χ4v) is 3.12. The Morgan fingerprint density at radius 1 is 1.06 bits per heavy atom. The molecule has 2 rings (SSSR count). The second-order valence-electron chi connectivity index (χ2n) is 5.55. The molecule has 0 aromatic heterocycles. The first-order chi connectivity index (χ1) is 8.18. The number of nitrogens with zero attached hydrogens (tertiary/aromatic N) is 1. The Kier molecular flexibility index (Phi) is 4.19. The second-order valence-corrected chi connectivity index (χ2v) is 5.55. The monoisotopic (exact) mass is 237 g/mol. The molecular weight excluding hydrogens is 214 g/mol. The average Bonchev–Trinajstić information content (AvgIpc) is 2.39. The molecule has 0 N–H and O–H groups in total. The Bertz CT molecular complexity index is 285. The number of carbonyl (C=O) groups is 2. The van der Waals surface area contributed by atoms with Gasteiger partial charge in [0.05, 0.1) is 0 Å². The fourth-order valence-electron chi connectivity index (χ4n) is 3.12. The average molecular weight is 237 g/mol. The van der Waals surface area contributed by atoms with Crippen molar-refractivity contribution >= 4 is 11.7 Å². The summed E-state index contributed by atoms with van der Waals surface area (Å²) in [6.45, 7) is 0. The molecule has 0 saturated heterocycles. The first-order valence-corrected chi connectivity index (χ1v) is 6.97. The van der Waals surface area contributed by atoms with E-state index in [0.717, 1.165) is 25.7 Å². The van der Waals surface area contributed by atoms with Crippen LogP contribution < -0.4 is 0 Å². The zero-order valence-corrected chi connectivity index (χ0v) is 10.8. The summed E-state index contributed by atoms with van der Waals surface area (Å²) in [5.41, 5.74) is 0. The smallest absolute Gasteiger partial charge is 0.225 e. The summed E-state index contributed by atoms with van der Waals surface area (Å²) in [5, 5.41) is 0. The van der Waals surface area contributed by atoms with Crippen molar-refractivity contribution in [2.45, 2.75) is 63.8 Å². The predicted octanol–water partition coefficient (Wildman–Crippen LogP) is 2.54. The SMILES string of the molecule is CN(C(=O)C1CCC(=O)CC1)C1CCCCC1. The van der Waals surface area contributed by atoms with Crippen molar-refractivity contribution in [2.75, 3.05) is 7.05 Å². The molecule has 0 unspecified atom stereocenters. The molecule has 0 bridgehead atoms. The van der Waals surface area contributed by atoms with Crippen LogP contribution in [-0.2, 0) is 9.59 Å². The molecule has 2 saturated carbocycles. The molecule has 96 valence electrons. The minimum Gasteiger partial charge on any atom is -0.343 e. The summed E-state index contributed by atoms with van der Waals surface area (Å²) >= 11 is 0. The number of Topliss-reactive ketones (excluding diaryl/α,β-unsaturated/α-hetero) is 1. The summed E-state index contributed by atoms with van der Waals surface area (Å²) in [7, 11) is 1.95. The zero-order chi connectivity index (χ0) is 12.3. The van der Waals surface area contributed by atoms with E-state index >= 15 is 0 Å². The normalized spacial score (nSPS) is 23.7. The lowest BCUT2D eigenvalue weighted by molar-refractivity contribution is -0.138. The Morgan fingerprint density at radius 3 is 2.24 bits per heavy atom. The third-order valence-electron chi connectivity index (χ3n) is 4.36. The van der Waals surface area contributed by atoms with Crippen molar-refractivity contribution in [2.24, 2.45) is 5.92 Å². The Morgan fingerprint density at radius 2 is 1.65 bits per heavy atom. The maximum atomic E-state index is 12.3. The molecule has 0 aliphatic heterocycles. The maximum absolute atomic E-state index is 12.3. The summed E-state index contributed by atoms with van der Waals surface area (Å²) in [6.07, 6.45) is 8.91. The van der Waals surface area contributed by atoms with Gasteiger partial charge in [-0.25, -0.2) is 0 Å². The molecule has 3 nitrogen and oxygen atoms in total. The van der Waals surface area contributed by atoms with E-state index in [4.69, 9.17) is 0 Å². The molecule has 0 radical (unpaired) electrons. The van der Waals surface area contributed by atoms with Crippen LogP contribution in [0.3, 0.4) is 0 Å². The third-order valence-corrected chi connectivity index (χ3v) is 4.36. The molecule has 2 aliphatic rings. The zero-order valence-electron chi connectivity index (χ0n) is 10.8. The van der Waals surface area contributed by atoms with Gasteiger partial charge in [-0.2, -0.15) is 0 Å². The maximum Gasteiger partial charge on any atom is 0.225 e. The van der Waals surface area contributed by atoms with E-state index in [2.05, 4.69) is 0 Å². The van der Waals surface area contributed by atoms with Gasteiger partial charge in [-0.05, 0) is 25.7 Å². The number of hydrogen-bond acceptors (Lipinski definition) is 2. The molecule has 2 fully saturated rings. The standard InChI is InChI=1S/C14H23NO2/c1-15(12-5-3-2-4-6-12)14(17)11-7-9-13(16)10-8-11/h11-12H,2-10H2,1H3. The highest BCUT2D eigenvalue weighted by Crippen LogP contribution is 2.27. The van der Waals surface area contributed by atoms with Crippen molar-refractivity contribution in [3.63, 3.8) is 0 Å². The van der Waals surface area contributed by atoms with Crippen molar-refractivity contribution in [3.05, 3.63) is 0 Å². The quantitative estimate of drug-likeness (QED) is 0.740. The highest BCUT2D eigenvalue weighted by molar-refractivity contribution is 5.84. The van der Waals surface area contributed by atoms with E-state index in [1.807, 2.05) is 11.9 Å². The number of hydrogen-bond donors (Lipinski definition) is 0. The molecule has 0 aromatic rings. The Labute approximate surface area is 104 Å². The van der Waals surface area contributed by atoms with Crippen LogP contribution in [0.5, 0.6) is 0 Å². The highest BCUT2D eigenvalue weighted by Gasteiger charge is 2.30. The molecule has 1 amide bonds. The number of rotatable bonds is 2. The first-order valence-electron chi connectivity index (χ1n) is 6.97. The van der Waals surface area contributed by atoms with E-state index in [1.165, 1.54) is 19.3 Å². The van der Waals surface area contributed by atoms with E-state index in [0.29, 0.717) is 24.7 Å². The van der Waals surface area contributed by atoms with Crippen LogP contribution in [0.25, 0.3) is 0 Å². The molecule has 2 aliphatic carbocycles. The molecule has 0 atom stereocenters. The van der Waals surface area contributed by atoms with E-state index in [1.54, 1.807) is 0 Å². The minimum atomic E-state index is 0.111. The van der Waals surface area contributed by atoms with Crippen LogP contribution in [-0.4, -0.2) is 29.7 Å². The highest BCUT2D eigenvalue weighted by atomic mass is 16.2. The van der Waals surface area contributed by atoms with E-state index in [-0.39, 0.29) is 11.8 Å². The Balaban J connectivity index is 1.87. The lowest BCUT2D eigenvalue weighted by Gasteiger charge is -2.34. The van der Waals surface area contributed by atoms with Gasteiger partial charge < -0.3 is 4.90 Å². The Hall–Kier alpha value is -0.860.